The number of anilines is 1. The van der Waals surface area contributed by atoms with Crippen LogP contribution < -0.4 is 9.64 Å². The summed E-state index contributed by atoms with van der Waals surface area (Å²) in [5.41, 5.74) is 1.74. The molecule has 0 saturated carbocycles. The fraction of sp³-hybridized carbons (Fsp3) is 0.556. The smallest absolute Gasteiger partial charge is 0.178 e. The second-order valence-corrected chi connectivity index (χ2v) is 3.60. The van der Waals surface area contributed by atoms with Crippen molar-refractivity contribution < 1.29 is 4.74 Å². The first-order chi connectivity index (χ1) is 6.74. The molecule has 0 radical (unpaired) electrons. The fourth-order valence-corrected chi connectivity index (χ4v) is 1.81. The van der Waals surface area contributed by atoms with Crippen LogP contribution in [0, 0.1) is 0 Å². The standard InChI is InChI=1S/C9H12ClN3O/c1-3-6-8-7(9(10)12-11-6)13(2)4-5-14-8/h3-5H2,1-2H3. The third-order valence-corrected chi connectivity index (χ3v) is 2.58. The Morgan fingerprint density at radius 3 is 3.00 bits per heavy atom. The average molecular weight is 214 g/mol. The SMILES string of the molecule is CCc1nnc(Cl)c2c1OCCN2C. The van der Waals surface area contributed by atoms with E-state index < -0.39 is 0 Å². The summed E-state index contributed by atoms with van der Waals surface area (Å²) in [4.78, 5) is 2.05. The summed E-state index contributed by atoms with van der Waals surface area (Å²) < 4.78 is 5.57. The van der Waals surface area contributed by atoms with E-state index in [4.69, 9.17) is 16.3 Å². The number of ether oxygens (including phenoxy) is 1. The van der Waals surface area contributed by atoms with E-state index in [-0.39, 0.29) is 0 Å². The van der Waals surface area contributed by atoms with Gasteiger partial charge in [0, 0.05) is 7.05 Å². The van der Waals surface area contributed by atoms with Crippen molar-refractivity contribution >= 4 is 17.3 Å². The molecule has 0 aromatic carbocycles. The van der Waals surface area contributed by atoms with E-state index in [1.165, 1.54) is 0 Å². The van der Waals surface area contributed by atoms with E-state index >= 15 is 0 Å². The summed E-state index contributed by atoms with van der Waals surface area (Å²) in [5.74, 6) is 0.793. The zero-order chi connectivity index (χ0) is 10.1. The second-order valence-electron chi connectivity index (χ2n) is 3.24. The minimum atomic E-state index is 0.416. The van der Waals surface area contributed by atoms with Crippen molar-refractivity contribution in [3.8, 4) is 5.75 Å². The van der Waals surface area contributed by atoms with E-state index in [0.717, 1.165) is 30.1 Å². The lowest BCUT2D eigenvalue weighted by atomic mass is 10.2. The van der Waals surface area contributed by atoms with Crippen LogP contribution in [-0.4, -0.2) is 30.4 Å². The molecule has 0 saturated heterocycles. The molecule has 0 amide bonds. The molecule has 4 nitrogen and oxygen atoms in total. The zero-order valence-electron chi connectivity index (χ0n) is 8.25. The largest absolute Gasteiger partial charge is 0.487 e. The molecule has 1 aromatic rings. The Morgan fingerprint density at radius 2 is 2.29 bits per heavy atom. The molecule has 1 aliphatic rings. The van der Waals surface area contributed by atoms with Crippen molar-refractivity contribution in [2.24, 2.45) is 0 Å². The molecule has 0 atom stereocenters. The fourth-order valence-electron chi connectivity index (χ4n) is 1.54. The van der Waals surface area contributed by atoms with Crippen LogP contribution in [0.2, 0.25) is 5.15 Å². The number of aryl methyl sites for hydroxylation is 1. The molecule has 76 valence electrons. The van der Waals surface area contributed by atoms with Crippen LogP contribution in [0.5, 0.6) is 5.75 Å². The maximum absolute atomic E-state index is 5.97. The summed E-state index contributed by atoms with van der Waals surface area (Å²) in [5, 5.41) is 8.33. The van der Waals surface area contributed by atoms with Gasteiger partial charge in [0.15, 0.2) is 10.9 Å². The minimum absolute atomic E-state index is 0.416. The van der Waals surface area contributed by atoms with Gasteiger partial charge in [-0.2, -0.15) is 5.10 Å². The Hall–Kier alpha value is -1.03. The van der Waals surface area contributed by atoms with Gasteiger partial charge in [-0.15, -0.1) is 5.10 Å². The topological polar surface area (TPSA) is 38.3 Å². The van der Waals surface area contributed by atoms with Crippen molar-refractivity contribution in [3.05, 3.63) is 10.8 Å². The molecule has 0 N–H and O–H groups in total. The number of halogens is 1. The first-order valence-corrected chi connectivity index (χ1v) is 5.00. The first kappa shape index (κ1) is 9.52. The Labute approximate surface area is 87.8 Å². The molecule has 0 fully saturated rings. The number of fused-ring (bicyclic) bond motifs is 1. The van der Waals surface area contributed by atoms with Crippen LogP contribution in [0.1, 0.15) is 12.6 Å². The van der Waals surface area contributed by atoms with Gasteiger partial charge >= 0.3 is 0 Å². The highest BCUT2D eigenvalue weighted by Crippen LogP contribution is 2.37. The van der Waals surface area contributed by atoms with E-state index in [1.54, 1.807) is 0 Å². The molecule has 0 aliphatic carbocycles. The molecule has 14 heavy (non-hydrogen) atoms. The van der Waals surface area contributed by atoms with E-state index in [9.17, 15) is 0 Å². The van der Waals surface area contributed by atoms with Crippen LogP contribution in [0.25, 0.3) is 0 Å². The second kappa shape index (κ2) is 3.61. The number of nitrogens with zero attached hydrogens (tertiary/aromatic N) is 3. The number of aromatic nitrogens is 2. The van der Waals surface area contributed by atoms with Gasteiger partial charge in [0.05, 0.1) is 6.54 Å². The maximum Gasteiger partial charge on any atom is 0.178 e. The molecular weight excluding hydrogens is 202 g/mol. The molecule has 2 rings (SSSR count). The van der Waals surface area contributed by atoms with Crippen molar-refractivity contribution in [2.75, 3.05) is 25.1 Å². The minimum Gasteiger partial charge on any atom is -0.487 e. The van der Waals surface area contributed by atoms with E-state index in [2.05, 4.69) is 15.1 Å². The predicted molar refractivity (Wildman–Crippen MR) is 55.2 cm³/mol. The summed E-state index contributed by atoms with van der Waals surface area (Å²) in [6.45, 7) is 3.54. The lowest BCUT2D eigenvalue weighted by Gasteiger charge is -2.28. The van der Waals surface area contributed by atoms with Crippen LogP contribution in [0.3, 0.4) is 0 Å². The first-order valence-electron chi connectivity index (χ1n) is 4.63. The molecule has 0 spiro atoms. The van der Waals surface area contributed by atoms with Crippen molar-refractivity contribution in [2.45, 2.75) is 13.3 Å². The monoisotopic (exact) mass is 213 g/mol. The molecule has 5 heteroatoms. The van der Waals surface area contributed by atoms with Crippen molar-refractivity contribution in [3.63, 3.8) is 0 Å². The molecular formula is C9H12ClN3O. The van der Waals surface area contributed by atoms with Gasteiger partial charge in [-0.05, 0) is 6.42 Å². The summed E-state index contributed by atoms with van der Waals surface area (Å²) in [6, 6.07) is 0. The van der Waals surface area contributed by atoms with Gasteiger partial charge < -0.3 is 9.64 Å². The Bertz CT molecular complexity index is 356. The predicted octanol–water partition coefficient (Wildman–Crippen LogP) is 1.52. The van der Waals surface area contributed by atoms with Crippen molar-refractivity contribution in [1.82, 2.24) is 10.2 Å². The lowest BCUT2D eigenvalue weighted by Crippen LogP contribution is -2.30. The normalized spacial score (nSPS) is 14.9. The van der Waals surface area contributed by atoms with Crippen LogP contribution in [0.15, 0.2) is 0 Å². The maximum atomic E-state index is 5.97. The summed E-state index contributed by atoms with van der Waals surface area (Å²) in [7, 11) is 1.98. The van der Waals surface area contributed by atoms with Gasteiger partial charge in [-0.3, -0.25) is 0 Å². The number of hydrogen-bond donors (Lipinski definition) is 0. The molecule has 1 aliphatic heterocycles. The number of likely N-dealkylation sites (N-methyl/N-ethyl adjacent to an activating group) is 1. The van der Waals surface area contributed by atoms with E-state index in [1.807, 2.05) is 14.0 Å². The lowest BCUT2D eigenvalue weighted by molar-refractivity contribution is 0.305. The highest BCUT2D eigenvalue weighted by molar-refractivity contribution is 6.32. The van der Waals surface area contributed by atoms with Gasteiger partial charge in [-0.25, -0.2) is 0 Å². The Kier molecular flexibility index (Phi) is 2.46. The van der Waals surface area contributed by atoms with Gasteiger partial charge in [0.1, 0.15) is 18.0 Å². The van der Waals surface area contributed by atoms with Crippen LogP contribution in [-0.2, 0) is 6.42 Å². The number of rotatable bonds is 1. The quantitative estimate of drug-likeness (QED) is 0.709. The third kappa shape index (κ3) is 1.39. The highest BCUT2D eigenvalue weighted by atomic mass is 35.5. The Morgan fingerprint density at radius 1 is 1.50 bits per heavy atom. The third-order valence-electron chi connectivity index (χ3n) is 2.32. The summed E-state index contributed by atoms with van der Waals surface area (Å²) in [6.07, 6.45) is 0.806. The molecule has 1 aromatic heterocycles. The molecule has 0 bridgehead atoms. The van der Waals surface area contributed by atoms with E-state index in [0.29, 0.717) is 11.8 Å². The zero-order valence-corrected chi connectivity index (χ0v) is 9.01. The van der Waals surface area contributed by atoms with Crippen LogP contribution >= 0.6 is 11.6 Å². The molecule has 2 heterocycles. The van der Waals surface area contributed by atoms with Gasteiger partial charge in [-0.1, -0.05) is 18.5 Å². The number of hydrogen-bond acceptors (Lipinski definition) is 4. The van der Waals surface area contributed by atoms with Crippen molar-refractivity contribution in [1.29, 1.82) is 0 Å². The Balaban J connectivity index is 2.57. The van der Waals surface area contributed by atoms with Crippen LogP contribution in [0.4, 0.5) is 5.69 Å². The van der Waals surface area contributed by atoms with Gasteiger partial charge in [0.25, 0.3) is 0 Å². The van der Waals surface area contributed by atoms with Gasteiger partial charge in [0.2, 0.25) is 0 Å². The highest BCUT2D eigenvalue weighted by Gasteiger charge is 2.22. The molecule has 0 unspecified atom stereocenters. The average Bonchev–Trinajstić information content (AvgIpc) is 2.18. The summed E-state index contributed by atoms with van der Waals surface area (Å²) >= 11 is 5.97.